The minimum atomic E-state index is -3.76. The number of morpholine rings is 1. The highest BCUT2D eigenvalue weighted by molar-refractivity contribution is 7.89. The molecule has 0 aliphatic carbocycles. The average Bonchev–Trinajstić information content (AvgIpc) is 2.72. The third-order valence-corrected chi connectivity index (χ3v) is 9.25. The number of ether oxygens (including phenoxy) is 3. The van der Waals surface area contributed by atoms with Crippen molar-refractivity contribution in [3.8, 4) is 11.5 Å². The van der Waals surface area contributed by atoms with Gasteiger partial charge in [-0.2, -0.15) is 21.3 Å². The van der Waals surface area contributed by atoms with Crippen LogP contribution in [0.4, 0.5) is 0 Å². The van der Waals surface area contributed by atoms with Crippen LogP contribution in [0.2, 0.25) is 0 Å². The molecule has 2 atom stereocenters. The highest BCUT2D eigenvalue weighted by atomic mass is 32.2. The largest absolute Gasteiger partial charge is 0.486 e. The first-order chi connectivity index (χ1) is 14.2. The van der Waals surface area contributed by atoms with Crippen molar-refractivity contribution in [3.05, 3.63) is 18.2 Å². The number of hydrogen-bond donors (Lipinski definition) is 0. The van der Waals surface area contributed by atoms with Crippen molar-refractivity contribution in [2.24, 2.45) is 0 Å². The van der Waals surface area contributed by atoms with Crippen LogP contribution in [0.25, 0.3) is 0 Å². The molecule has 4 rings (SSSR count). The number of sulfonamides is 1. The van der Waals surface area contributed by atoms with Crippen LogP contribution >= 0.6 is 0 Å². The van der Waals surface area contributed by atoms with E-state index in [1.165, 1.54) is 25.0 Å². The summed E-state index contributed by atoms with van der Waals surface area (Å²) in [5.74, 6) is 0.921. The molecule has 0 radical (unpaired) electrons. The molecule has 2 fully saturated rings. The maximum atomic E-state index is 13.1. The fourth-order valence-corrected chi connectivity index (χ4v) is 7.14. The zero-order valence-corrected chi connectivity index (χ0v) is 18.7. The van der Waals surface area contributed by atoms with Crippen LogP contribution in [0, 0.1) is 0 Å². The van der Waals surface area contributed by atoms with E-state index in [-0.39, 0.29) is 43.3 Å². The van der Waals surface area contributed by atoms with Crippen LogP contribution in [0.3, 0.4) is 0 Å². The molecule has 0 unspecified atom stereocenters. The van der Waals surface area contributed by atoms with E-state index in [1.54, 1.807) is 6.07 Å². The van der Waals surface area contributed by atoms with E-state index in [9.17, 15) is 16.8 Å². The van der Waals surface area contributed by atoms with E-state index in [0.29, 0.717) is 37.8 Å². The van der Waals surface area contributed by atoms with Crippen molar-refractivity contribution in [2.45, 2.75) is 31.0 Å². The molecule has 0 bridgehead atoms. The number of hydrogen-bond acceptors (Lipinski definition) is 7. The first-order valence-electron chi connectivity index (χ1n) is 9.98. The van der Waals surface area contributed by atoms with Gasteiger partial charge in [0.2, 0.25) is 10.0 Å². The number of fused-ring (bicyclic) bond motifs is 1. The van der Waals surface area contributed by atoms with Gasteiger partial charge in [0, 0.05) is 45.3 Å². The van der Waals surface area contributed by atoms with Crippen LogP contribution in [-0.4, -0.2) is 94.4 Å². The van der Waals surface area contributed by atoms with E-state index in [4.69, 9.17) is 14.2 Å². The molecule has 3 heterocycles. The van der Waals surface area contributed by atoms with Crippen LogP contribution in [0.1, 0.15) is 13.8 Å². The Labute approximate surface area is 177 Å². The van der Waals surface area contributed by atoms with Crippen molar-refractivity contribution in [1.82, 2.24) is 12.9 Å². The Morgan fingerprint density at radius 3 is 2.00 bits per heavy atom. The molecular formula is C18H27N3O7S2. The Balaban J connectivity index is 1.45. The van der Waals surface area contributed by atoms with Crippen molar-refractivity contribution in [1.29, 1.82) is 0 Å². The van der Waals surface area contributed by atoms with Gasteiger partial charge in [0.05, 0.1) is 17.1 Å². The second-order valence-electron chi connectivity index (χ2n) is 7.69. The van der Waals surface area contributed by atoms with Crippen molar-refractivity contribution < 1.29 is 31.0 Å². The Morgan fingerprint density at radius 2 is 1.37 bits per heavy atom. The van der Waals surface area contributed by atoms with Crippen molar-refractivity contribution in [3.63, 3.8) is 0 Å². The van der Waals surface area contributed by atoms with Gasteiger partial charge in [0.25, 0.3) is 10.2 Å². The standard InChI is InChI=1S/C18H27N3O7S2/c1-14-12-21(13-15(2)28-14)30(24,25)20-7-5-19(6-8-20)29(22,23)16-3-4-17-18(11-16)27-10-9-26-17/h3-4,11,14-15H,5-10,12-13H2,1-2H3/t14-,15-/m1/s1. The minimum Gasteiger partial charge on any atom is -0.486 e. The topological polar surface area (TPSA) is 106 Å². The van der Waals surface area contributed by atoms with Gasteiger partial charge in [0.1, 0.15) is 13.2 Å². The van der Waals surface area contributed by atoms with Gasteiger partial charge >= 0.3 is 0 Å². The van der Waals surface area contributed by atoms with Gasteiger partial charge in [-0.25, -0.2) is 8.42 Å². The molecule has 0 amide bonds. The molecule has 30 heavy (non-hydrogen) atoms. The average molecular weight is 462 g/mol. The first-order valence-corrected chi connectivity index (χ1v) is 12.8. The zero-order valence-electron chi connectivity index (χ0n) is 17.1. The third-order valence-electron chi connectivity index (χ3n) is 5.39. The molecule has 3 aliphatic heterocycles. The summed E-state index contributed by atoms with van der Waals surface area (Å²) in [5, 5.41) is 0. The summed E-state index contributed by atoms with van der Waals surface area (Å²) in [4.78, 5) is 0.110. The Hall–Kier alpha value is -1.44. The van der Waals surface area contributed by atoms with Gasteiger partial charge in [-0.05, 0) is 26.0 Å². The normalized spacial score (nSPS) is 27.1. The molecule has 3 aliphatic rings. The van der Waals surface area contributed by atoms with E-state index in [1.807, 2.05) is 13.8 Å². The Bertz CT molecular complexity index is 981. The highest BCUT2D eigenvalue weighted by Crippen LogP contribution is 2.33. The van der Waals surface area contributed by atoms with E-state index >= 15 is 0 Å². The summed E-state index contributed by atoms with van der Waals surface area (Å²) in [6.45, 7) is 5.45. The van der Waals surface area contributed by atoms with Crippen LogP contribution in [0.5, 0.6) is 11.5 Å². The number of benzene rings is 1. The molecule has 2 saturated heterocycles. The van der Waals surface area contributed by atoms with Crippen LogP contribution < -0.4 is 9.47 Å². The quantitative estimate of drug-likeness (QED) is 0.627. The minimum absolute atomic E-state index is 0.0887. The summed E-state index contributed by atoms with van der Waals surface area (Å²) < 4.78 is 72.8. The summed E-state index contributed by atoms with van der Waals surface area (Å²) in [7, 11) is -7.43. The molecule has 1 aromatic rings. The summed E-state index contributed by atoms with van der Waals surface area (Å²) in [5.41, 5.74) is 0. The highest BCUT2D eigenvalue weighted by Gasteiger charge is 2.39. The molecule has 10 nitrogen and oxygen atoms in total. The molecule has 0 spiro atoms. The summed E-state index contributed by atoms with van der Waals surface area (Å²) >= 11 is 0. The second kappa shape index (κ2) is 8.24. The first kappa shape index (κ1) is 21.8. The number of nitrogens with zero attached hydrogens (tertiary/aromatic N) is 3. The lowest BCUT2D eigenvalue weighted by molar-refractivity contribution is -0.0456. The van der Waals surface area contributed by atoms with Crippen molar-refractivity contribution in [2.75, 3.05) is 52.5 Å². The van der Waals surface area contributed by atoms with Crippen molar-refractivity contribution >= 4 is 20.2 Å². The molecule has 0 aromatic heterocycles. The lowest BCUT2D eigenvalue weighted by Gasteiger charge is -2.40. The van der Waals surface area contributed by atoms with Crippen LogP contribution in [0.15, 0.2) is 23.1 Å². The lowest BCUT2D eigenvalue weighted by atomic mass is 10.3. The molecule has 12 heteroatoms. The lowest BCUT2D eigenvalue weighted by Crippen LogP contribution is -2.57. The van der Waals surface area contributed by atoms with Gasteiger partial charge in [-0.3, -0.25) is 0 Å². The predicted octanol–water partition coefficient (Wildman–Crippen LogP) is 0.118. The van der Waals surface area contributed by atoms with E-state index < -0.39 is 20.2 Å². The smallest absolute Gasteiger partial charge is 0.282 e. The van der Waals surface area contributed by atoms with Gasteiger partial charge in [-0.15, -0.1) is 0 Å². The Morgan fingerprint density at radius 1 is 0.800 bits per heavy atom. The van der Waals surface area contributed by atoms with Gasteiger partial charge < -0.3 is 14.2 Å². The summed E-state index contributed by atoms with van der Waals surface area (Å²) in [6.07, 6.45) is -0.360. The third kappa shape index (κ3) is 4.16. The zero-order chi connectivity index (χ0) is 21.5. The van der Waals surface area contributed by atoms with E-state index in [0.717, 1.165) is 0 Å². The number of piperazine rings is 1. The SMILES string of the molecule is C[C@@H]1CN(S(=O)(=O)N2CCN(S(=O)(=O)c3ccc4c(c3)OCCO4)CC2)C[C@@H](C)O1. The fourth-order valence-electron chi connectivity index (χ4n) is 3.96. The molecular weight excluding hydrogens is 434 g/mol. The fraction of sp³-hybridized carbons (Fsp3) is 0.667. The van der Waals surface area contributed by atoms with E-state index in [2.05, 4.69) is 0 Å². The summed E-state index contributed by atoms with van der Waals surface area (Å²) in [6, 6.07) is 4.54. The molecule has 0 N–H and O–H groups in total. The van der Waals surface area contributed by atoms with Crippen LogP contribution in [-0.2, 0) is 25.0 Å². The maximum Gasteiger partial charge on any atom is 0.282 e. The number of rotatable bonds is 4. The Kier molecular flexibility index (Phi) is 5.99. The molecule has 0 saturated carbocycles. The molecule has 1 aromatic carbocycles. The second-order valence-corrected chi connectivity index (χ2v) is 11.6. The van der Waals surface area contributed by atoms with Gasteiger partial charge in [-0.1, -0.05) is 0 Å². The van der Waals surface area contributed by atoms with Gasteiger partial charge in [0.15, 0.2) is 11.5 Å². The maximum absolute atomic E-state index is 13.1. The monoisotopic (exact) mass is 461 g/mol. The predicted molar refractivity (Wildman–Crippen MR) is 108 cm³/mol. The molecule has 168 valence electrons.